The summed E-state index contributed by atoms with van der Waals surface area (Å²) in [4.78, 5) is 21.1. The van der Waals surface area contributed by atoms with E-state index in [0.717, 1.165) is 43.6 Å². The summed E-state index contributed by atoms with van der Waals surface area (Å²) < 4.78 is 7.38. The van der Waals surface area contributed by atoms with Crippen molar-refractivity contribution in [3.05, 3.63) is 41.5 Å². The Labute approximate surface area is 164 Å². The van der Waals surface area contributed by atoms with Gasteiger partial charge in [-0.15, -0.1) is 0 Å². The molecule has 0 bridgehead atoms. The molecule has 1 aliphatic heterocycles. The van der Waals surface area contributed by atoms with Gasteiger partial charge in [-0.2, -0.15) is 5.10 Å². The fraction of sp³-hybridized carbons (Fsp3) is 0.476. The fourth-order valence-corrected chi connectivity index (χ4v) is 4.09. The number of pyridine rings is 1. The van der Waals surface area contributed by atoms with Crippen LogP contribution in [0.1, 0.15) is 36.1 Å². The molecule has 0 radical (unpaired) electrons. The van der Waals surface area contributed by atoms with Gasteiger partial charge in [0.05, 0.1) is 11.9 Å². The van der Waals surface area contributed by atoms with Crippen LogP contribution in [0.4, 0.5) is 10.5 Å². The average molecular weight is 379 g/mol. The first-order valence-corrected chi connectivity index (χ1v) is 10.1. The van der Waals surface area contributed by atoms with Crippen molar-refractivity contribution in [3.63, 3.8) is 0 Å². The van der Waals surface area contributed by atoms with E-state index in [0.29, 0.717) is 13.1 Å². The molecule has 3 aliphatic rings. The van der Waals surface area contributed by atoms with E-state index in [2.05, 4.69) is 27.1 Å². The minimum Gasteiger partial charge on any atom is -0.446 e. The molecule has 3 heterocycles. The molecule has 2 aromatic heterocycles. The first-order valence-electron chi connectivity index (χ1n) is 10.1. The van der Waals surface area contributed by atoms with Gasteiger partial charge in [0.2, 0.25) is 0 Å². The lowest BCUT2D eigenvalue weighted by Crippen LogP contribution is -2.50. The summed E-state index contributed by atoms with van der Waals surface area (Å²) in [5.74, 6) is 0. The maximum atomic E-state index is 12.3. The predicted molar refractivity (Wildman–Crippen MR) is 107 cm³/mol. The normalized spacial score (nSPS) is 19.2. The summed E-state index contributed by atoms with van der Waals surface area (Å²) in [5, 5.41) is 4.29. The molecule has 2 aliphatic carbocycles. The van der Waals surface area contributed by atoms with Crippen LogP contribution in [0.3, 0.4) is 0 Å². The molecule has 2 fully saturated rings. The Morgan fingerprint density at radius 3 is 2.71 bits per heavy atom. The minimum absolute atomic E-state index is 0.144. The summed E-state index contributed by atoms with van der Waals surface area (Å²) >= 11 is 0. The zero-order valence-electron chi connectivity index (χ0n) is 16.2. The number of piperazine rings is 1. The fourth-order valence-electron chi connectivity index (χ4n) is 4.09. The first kappa shape index (κ1) is 17.3. The topological polar surface area (TPSA) is 63.5 Å². The number of anilines is 1. The molecular weight excluding hydrogens is 354 g/mol. The van der Waals surface area contributed by atoms with Crippen LogP contribution in [0.5, 0.6) is 0 Å². The molecule has 0 aromatic carbocycles. The summed E-state index contributed by atoms with van der Waals surface area (Å²) in [5.41, 5.74) is 5.92. The highest BCUT2D eigenvalue weighted by Gasteiger charge is 2.29. The largest absolute Gasteiger partial charge is 0.446 e. The molecule has 1 saturated carbocycles. The Hall–Kier alpha value is -2.83. The van der Waals surface area contributed by atoms with Crippen LogP contribution in [-0.4, -0.2) is 58.0 Å². The van der Waals surface area contributed by atoms with E-state index in [4.69, 9.17) is 4.74 Å². The lowest BCUT2D eigenvalue weighted by atomic mass is 9.96. The molecule has 146 valence electrons. The molecule has 7 heteroatoms. The van der Waals surface area contributed by atoms with Crippen LogP contribution in [0.2, 0.25) is 0 Å². The van der Waals surface area contributed by atoms with Gasteiger partial charge in [-0.1, -0.05) is 0 Å². The third kappa shape index (κ3) is 3.15. The smallest absolute Gasteiger partial charge is 0.410 e. The number of aryl methyl sites for hydroxylation is 1. The van der Waals surface area contributed by atoms with E-state index in [1.807, 2.05) is 35.2 Å². The summed E-state index contributed by atoms with van der Waals surface area (Å²) in [7, 11) is 1.94. The van der Waals surface area contributed by atoms with Gasteiger partial charge in [0.15, 0.2) is 0 Å². The molecule has 2 aromatic rings. The Morgan fingerprint density at radius 1 is 1.21 bits per heavy atom. The number of allylic oxidation sites excluding steroid dienone is 1. The maximum absolute atomic E-state index is 12.3. The summed E-state index contributed by atoms with van der Waals surface area (Å²) in [6.45, 7) is 3.02. The number of rotatable bonds is 3. The van der Waals surface area contributed by atoms with Gasteiger partial charge in [0.25, 0.3) is 0 Å². The molecule has 7 nitrogen and oxygen atoms in total. The van der Waals surface area contributed by atoms with Crippen molar-refractivity contribution in [2.75, 3.05) is 31.1 Å². The minimum atomic E-state index is -0.150. The van der Waals surface area contributed by atoms with E-state index in [-0.39, 0.29) is 12.2 Å². The van der Waals surface area contributed by atoms with Crippen molar-refractivity contribution in [1.82, 2.24) is 19.7 Å². The standard InChI is InChI=1S/C21H25N5O2/c1-24-14-16(13-23-24)15-11-18-19(12-15)22-6-5-20(18)25-7-9-26(10-8-25)21(27)28-17-3-2-4-17/h5-6,11,13-14,17H,2-4,7-10,12H2,1H3. The number of hydrogen-bond donors (Lipinski definition) is 0. The SMILES string of the molecule is Cn1cc(C2=Cc3c(N4CCN(C(=O)OC5CCC5)CC4)ccnc3C2)cn1. The zero-order chi connectivity index (χ0) is 19.1. The van der Waals surface area contributed by atoms with Crippen LogP contribution in [0.15, 0.2) is 24.7 Å². The van der Waals surface area contributed by atoms with E-state index in [1.165, 1.54) is 23.2 Å². The van der Waals surface area contributed by atoms with Gasteiger partial charge in [-0.05, 0) is 37.0 Å². The Bertz CT molecular complexity index is 923. The quantitative estimate of drug-likeness (QED) is 0.821. The third-order valence-electron chi connectivity index (χ3n) is 6.00. The van der Waals surface area contributed by atoms with Crippen molar-refractivity contribution in [2.24, 2.45) is 7.05 Å². The van der Waals surface area contributed by atoms with Crippen LogP contribution < -0.4 is 4.90 Å². The van der Waals surface area contributed by atoms with Crippen molar-refractivity contribution in [2.45, 2.75) is 31.8 Å². The van der Waals surface area contributed by atoms with Crippen molar-refractivity contribution in [1.29, 1.82) is 0 Å². The number of hydrogen-bond acceptors (Lipinski definition) is 5. The number of carbonyl (C=O) groups is 1. The molecule has 1 amide bonds. The van der Waals surface area contributed by atoms with Gasteiger partial charge in [-0.25, -0.2) is 4.79 Å². The predicted octanol–water partition coefficient (Wildman–Crippen LogP) is 2.72. The van der Waals surface area contributed by atoms with Crippen molar-refractivity contribution < 1.29 is 9.53 Å². The highest BCUT2D eigenvalue weighted by molar-refractivity contribution is 5.91. The van der Waals surface area contributed by atoms with E-state index < -0.39 is 0 Å². The molecule has 0 spiro atoms. The van der Waals surface area contributed by atoms with Crippen molar-refractivity contribution >= 4 is 23.4 Å². The maximum Gasteiger partial charge on any atom is 0.410 e. The van der Waals surface area contributed by atoms with Gasteiger partial charge in [0.1, 0.15) is 6.10 Å². The molecule has 0 N–H and O–H groups in total. The zero-order valence-corrected chi connectivity index (χ0v) is 16.2. The number of fused-ring (bicyclic) bond motifs is 1. The van der Waals surface area contributed by atoms with E-state index >= 15 is 0 Å². The second-order valence-electron chi connectivity index (χ2n) is 7.85. The molecule has 0 unspecified atom stereocenters. The summed E-state index contributed by atoms with van der Waals surface area (Å²) in [6.07, 6.45) is 12.1. The molecule has 5 rings (SSSR count). The average Bonchev–Trinajstić information content (AvgIpc) is 3.30. The Kier molecular flexibility index (Phi) is 4.30. The van der Waals surface area contributed by atoms with Gasteiger partial charge >= 0.3 is 6.09 Å². The summed E-state index contributed by atoms with van der Waals surface area (Å²) in [6, 6.07) is 2.09. The van der Waals surface area contributed by atoms with Gasteiger partial charge in [0, 0.05) is 68.9 Å². The number of aromatic nitrogens is 3. The second-order valence-corrected chi connectivity index (χ2v) is 7.85. The van der Waals surface area contributed by atoms with Crippen LogP contribution >= 0.6 is 0 Å². The van der Waals surface area contributed by atoms with Crippen molar-refractivity contribution in [3.8, 4) is 0 Å². The molecular formula is C21H25N5O2. The first-order chi connectivity index (χ1) is 13.7. The highest BCUT2D eigenvalue weighted by atomic mass is 16.6. The number of amides is 1. The van der Waals surface area contributed by atoms with Crippen LogP contribution in [0.25, 0.3) is 11.6 Å². The van der Waals surface area contributed by atoms with Gasteiger partial charge < -0.3 is 14.5 Å². The Balaban J connectivity index is 1.29. The lowest BCUT2D eigenvalue weighted by molar-refractivity contribution is 0.0259. The van der Waals surface area contributed by atoms with Gasteiger partial charge in [-0.3, -0.25) is 9.67 Å². The van der Waals surface area contributed by atoms with E-state index in [9.17, 15) is 4.79 Å². The number of ether oxygens (including phenoxy) is 1. The second kappa shape index (κ2) is 6.96. The molecule has 28 heavy (non-hydrogen) atoms. The number of nitrogens with zero attached hydrogens (tertiary/aromatic N) is 5. The highest BCUT2D eigenvalue weighted by Crippen LogP contribution is 2.36. The van der Waals surface area contributed by atoms with Crippen LogP contribution in [0, 0.1) is 0 Å². The number of carbonyl (C=O) groups excluding carboxylic acids is 1. The molecule has 0 atom stereocenters. The lowest BCUT2D eigenvalue weighted by Gasteiger charge is -2.37. The third-order valence-corrected chi connectivity index (χ3v) is 6.00. The monoisotopic (exact) mass is 379 g/mol. The Morgan fingerprint density at radius 2 is 2.04 bits per heavy atom. The molecule has 1 saturated heterocycles. The van der Waals surface area contributed by atoms with Crippen LogP contribution in [-0.2, 0) is 18.2 Å². The van der Waals surface area contributed by atoms with E-state index in [1.54, 1.807) is 0 Å².